The molecular formula is C37H45F2N3O4. The molecule has 6 N–H and O–H groups in total. The van der Waals surface area contributed by atoms with Crippen molar-refractivity contribution in [1.82, 2.24) is 0 Å². The third-order valence-corrected chi connectivity index (χ3v) is 7.17. The van der Waals surface area contributed by atoms with Gasteiger partial charge in [0.05, 0.1) is 26.4 Å². The van der Waals surface area contributed by atoms with Gasteiger partial charge in [-0.25, -0.2) is 8.78 Å². The Labute approximate surface area is 270 Å². The van der Waals surface area contributed by atoms with Crippen LogP contribution in [0.4, 0.5) is 8.78 Å². The fraction of sp³-hybridized carbons (Fsp3) is 0.351. The van der Waals surface area contributed by atoms with Crippen LogP contribution in [0.1, 0.15) is 39.0 Å². The molecule has 4 aromatic rings. The maximum atomic E-state index is 15.2. The molecule has 0 aliphatic heterocycles. The molecule has 0 fully saturated rings. The predicted octanol–water partition coefficient (Wildman–Crippen LogP) is 7.33. The quantitative estimate of drug-likeness (QED) is 0.0927. The molecule has 0 heterocycles. The van der Waals surface area contributed by atoms with E-state index in [1.807, 2.05) is 42.5 Å². The zero-order chi connectivity index (χ0) is 32.7. The summed E-state index contributed by atoms with van der Waals surface area (Å²) in [6, 6.07) is 20.4. The van der Waals surface area contributed by atoms with Crippen molar-refractivity contribution in [1.29, 1.82) is 0 Å². The van der Waals surface area contributed by atoms with Crippen molar-refractivity contribution < 1.29 is 27.7 Å². The molecule has 0 unspecified atom stereocenters. The first-order valence-corrected chi connectivity index (χ1v) is 16.0. The van der Waals surface area contributed by atoms with Gasteiger partial charge in [0.15, 0.2) is 0 Å². The van der Waals surface area contributed by atoms with Crippen LogP contribution >= 0.6 is 0 Å². The Balaban J connectivity index is 1.72. The van der Waals surface area contributed by atoms with Crippen molar-refractivity contribution in [3.63, 3.8) is 0 Å². The van der Waals surface area contributed by atoms with E-state index >= 15 is 8.78 Å². The van der Waals surface area contributed by atoms with Crippen molar-refractivity contribution >= 4 is 0 Å². The van der Waals surface area contributed by atoms with Gasteiger partial charge >= 0.3 is 0 Å². The SMILES string of the molecule is CCCCOc1cc(OCCCN)cc(-c2cc(F)cc(-c3cc(F)cc(-c4cc(OCCCN)cc(OCCCN)c4)c3)c2)c1. The summed E-state index contributed by atoms with van der Waals surface area (Å²) < 4.78 is 54.1. The van der Waals surface area contributed by atoms with Crippen molar-refractivity contribution in [2.45, 2.75) is 39.0 Å². The Kier molecular flexibility index (Phi) is 13.6. The minimum Gasteiger partial charge on any atom is -0.493 e. The van der Waals surface area contributed by atoms with Crippen molar-refractivity contribution in [2.24, 2.45) is 17.2 Å². The second-order valence-electron chi connectivity index (χ2n) is 11.0. The molecule has 0 amide bonds. The van der Waals surface area contributed by atoms with Gasteiger partial charge < -0.3 is 36.1 Å². The Bertz CT molecular complexity index is 1380. The summed E-state index contributed by atoms with van der Waals surface area (Å²) in [5.41, 5.74) is 20.6. The van der Waals surface area contributed by atoms with Crippen LogP contribution in [-0.4, -0.2) is 46.1 Å². The molecule has 0 aliphatic carbocycles. The minimum atomic E-state index is -0.458. The molecular weight excluding hydrogens is 588 g/mol. The van der Waals surface area contributed by atoms with Crippen molar-refractivity contribution in [3.05, 3.63) is 84.4 Å². The van der Waals surface area contributed by atoms with Crippen LogP contribution < -0.4 is 36.1 Å². The normalized spacial score (nSPS) is 11.0. The molecule has 46 heavy (non-hydrogen) atoms. The van der Waals surface area contributed by atoms with Gasteiger partial charge in [0.1, 0.15) is 34.6 Å². The highest BCUT2D eigenvalue weighted by Crippen LogP contribution is 2.36. The molecule has 4 rings (SSSR count). The summed E-state index contributed by atoms with van der Waals surface area (Å²) in [7, 11) is 0. The molecule has 0 radical (unpaired) electrons. The number of unbranched alkanes of at least 4 members (excludes halogenated alkanes) is 1. The summed E-state index contributed by atoms with van der Waals surface area (Å²) in [6.45, 7) is 5.49. The molecule has 246 valence electrons. The minimum absolute atomic E-state index is 0.438. The van der Waals surface area contributed by atoms with Gasteiger partial charge in [0, 0.05) is 12.1 Å². The average Bonchev–Trinajstić information content (AvgIpc) is 3.04. The van der Waals surface area contributed by atoms with E-state index in [4.69, 9.17) is 36.1 Å². The van der Waals surface area contributed by atoms with E-state index in [2.05, 4.69) is 6.92 Å². The highest BCUT2D eigenvalue weighted by molar-refractivity contribution is 5.78. The Morgan fingerprint density at radius 3 is 0.978 bits per heavy atom. The summed E-state index contributed by atoms with van der Waals surface area (Å²) in [5, 5.41) is 0. The lowest BCUT2D eigenvalue weighted by molar-refractivity contribution is 0.296. The summed E-state index contributed by atoms with van der Waals surface area (Å²) in [5.74, 6) is 1.49. The van der Waals surface area contributed by atoms with E-state index in [-0.39, 0.29) is 0 Å². The standard InChI is InChI=1S/C37H45F2N3O4/c1-2-3-10-43-34-20-30(21-35(24-34)44-11-4-7-40)28-14-26(16-32(38)18-28)27-15-29(19-33(39)17-27)31-22-36(45-12-5-8-41)25-37(23-31)46-13-6-9-42/h14-25H,2-13,40-42H2,1H3. The summed E-state index contributed by atoms with van der Waals surface area (Å²) in [4.78, 5) is 0. The molecule has 0 aromatic heterocycles. The summed E-state index contributed by atoms with van der Waals surface area (Å²) >= 11 is 0. The van der Waals surface area contributed by atoms with E-state index in [1.54, 1.807) is 6.07 Å². The van der Waals surface area contributed by atoms with E-state index in [0.717, 1.165) is 18.4 Å². The molecule has 0 atom stereocenters. The number of nitrogens with two attached hydrogens (primary N) is 3. The first-order valence-electron chi connectivity index (χ1n) is 16.0. The summed E-state index contributed by atoms with van der Waals surface area (Å²) in [6.07, 6.45) is 3.98. The van der Waals surface area contributed by atoms with E-state index in [1.165, 1.54) is 24.3 Å². The molecule has 7 nitrogen and oxygen atoms in total. The molecule has 0 aliphatic rings. The molecule has 4 aromatic carbocycles. The van der Waals surface area contributed by atoms with E-state index < -0.39 is 11.6 Å². The second-order valence-corrected chi connectivity index (χ2v) is 11.0. The largest absolute Gasteiger partial charge is 0.493 e. The highest BCUT2D eigenvalue weighted by Gasteiger charge is 2.13. The van der Waals surface area contributed by atoms with Crippen LogP contribution in [0.2, 0.25) is 0 Å². The third-order valence-electron chi connectivity index (χ3n) is 7.17. The van der Waals surface area contributed by atoms with Crippen LogP contribution in [0, 0.1) is 11.6 Å². The molecule has 0 spiro atoms. The topological polar surface area (TPSA) is 115 Å². The lowest BCUT2D eigenvalue weighted by atomic mass is 9.95. The molecule has 0 bridgehead atoms. The van der Waals surface area contributed by atoms with Gasteiger partial charge in [-0.3, -0.25) is 0 Å². The fourth-order valence-corrected chi connectivity index (χ4v) is 4.81. The van der Waals surface area contributed by atoms with Gasteiger partial charge in [0.25, 0.3) is 0 Å². The van der Waals surface area contributed by atoms with Gasteiger partial charge in [-0.15, -0.1) is 0 Å². The van der Waals surface area contributed by atoms with Crippen LogP contribution in [0.15, 0.2) is 72.8 Å². The fourth-order valence-electron chi connectivity index (χ4n) is 4.81. The van der Waals surface area contributed by atoms with Gasteiger partial charge in [0.2, 0.25) is 0 Å². The van der Waals surface area contributed by atoms with Gasteiger partial charge in [-0.2, -0.15) is 0 Å². The third kappa shape index (κ3) is 10.4. The number of hydrogen-bond acceptors (Lipinski definition) is 7. The molecule has 0 saturated carbocycles. The van der Waals surface area contributed by atoms with Crippen LogP contribution in [0.25, 0.3) is 33.4 Å². The van der Waals surface area contributed by atoms with Crippen molar-refractivity contribution in [2.75, 3.05) is 46.1 Å². The number of benzene rings is 4. The number of rotatable bonds is 19. The number of ether oxygens (including phenoxy) is 4. The molecule has 0 saturated heterocycles. The Morgan fingerprint density at radius 2 is 0.696 bits per heavy atom. The van der Waals surface area contributed by atoms with E-state index in [0.29, 0.717) is 116 Å². The van der Waals surface area contributed by atoms with E-state index in [9.17, 15) is 0 Å². The van der Waals surface area contributed by atoms with Crippen LogP contribution in [0.3, 0.4) is 0 Å². The predicted molar refractivity (Wildman–Crippen MR) is 181 cm³/mol. The lowest BCUT2D eigenvalue weighted by Crippen LogP contribution is -2.07. The van der Waals surface area contributed by atoms with Crippen molar-refractivity contribution in [3.8, 4) is 56.4 Å². The number of hydrogen-bond donors (Lipinski definition) is 3. The number of halogens is 2. The Morgan fingerprint density at radius 1 is 0.413 bits per heavy atom. The Hall–Kier alpha value is -4.18. The monoisotopic (exact) mass is 633 g/mol. The van der Waals surface area contributed by atoms with Gasteiger partial charge in [-0.1, -0.05) is 13.3 Å². The zero-order valence-electron chi connectivity index (χ0n) is 26.5. The first kappa shape index (κ1) is 34.7. The average molecular weight is 634 g/mol. The maximum Gasteiger partial charge on any atom is 0.124 e. The van der Waals surface area contributed by atoms with Gasteiger partial charge in [-0.05, 0) is 139 Å². The zero-order valence-corrected chi connectivity index (χ0v) is 26.5. The van der Waals surface area contributed by atoms with Crippen LogP contribution in [-0.2, 0) is 0 Å². The smallest absolute Gasteiger partial charge is 0.124 e. The van der Waals surface area contributed by atoms with Crippen LogP contribution in [0.5, 0.6) is 23.0 Å². The lowest BCUT2D eigenvalue weighted by Gasteiger charge is -2.15. The maximum absolute atomic E-state index is 15.2. The highest BCUT2D eigenvalue weighted by atomic mass is 19.1. The first-order chi connectivity index (χ1) is 22.4. The second kappa shape index (κ2) is 18.1. The molecule has 9 heteroatoms.